The number of rotatable bonds is 3. The van der Waals surface area contributed by atoms with Gasteiger partial charge in [-0.15, -0.1) is 0 Å². The van der Waals surface area contributed by atoms with Gasteiger partial charge in [0.1, 0.15) is 11.2 Å². The lowest BCUT2D eigenvalue weighted by Gasteiger charge is -2.06. The number of fused-ring (bicyclic) bond motifs is 3. The van der Waals surface area contributed by atoms with Crippen LogP contribution in [0.3, 0.4) is 0 Å². The summed E-state index contributed by atoms with van der Waals surface area (Å²) < 4.78 is 6.14. The molecule has 0 unspecified atom stereocenters. The van der Waals surface area contributed by atoms with E-state index in [1.54, 1.807) is 0 Å². The molecule has 0 spiro atoms. The average molecular weight is 434 g/mol. The van der Waals surface area contributed by atoms with Gasteiger partial charge in [-0.3, -0.25) is 0 Å². The maximum Gasteiger partial charge on any atom is 0.226 e. The van der Waals surface area contributed by atoms with Crippen LogP contribution in [0.5, 0.6) is 0 Å². The van der Waals surface area contributed by atoms with E-state index in [4.69, 9.17) is 16.0 Å². The van der Waals surface area contributed by atoms with Crippen molar-refractivity contribution >= 4 is 33.5 Å². The maximum absolute atomic E-state index is 6.27. The lowest BCUT2D eigenvalue weighted by atomic mass is 9.99. The molecule has 0 radical (unpaired) electrons. The predicted octanol–water partition coefficient (Wildman–Crippen LogP) is 7.43. The lowest BCUT2D eigenvalue weighted by molar-refractivity contribution is 0.669. The zero-order chi connectivity index (χ0) is 21.5. The lowest BCUT2D eigenvalue weighted by Crippen LogP contribution is -1.97. The number of hydrogen-bond donors (Lipinski definition) is 0. The van der Waals surface area contributed by atoms with Crippen molar-refractivity contribution in [3.63, 3.8) is 0 Å². The highest BCUT2D eigenvalue weighted by Gasteiger charge is 2.15. The van der Waals surface area contributed by atoms with Crippen LogP contribution >= 0.6 is 11.6 Å². The van der Waals surface area contributed by atoms with Gasteiger partial charge in [0.15, 0.2) is 11.6 Å². The molecule has 0 atom stereocenters. The summed E-state index contributed by atoms with van der Waals surface area (Å²) in [4.78, 5) is 13.4. The SMILES string of the molecule is Clc1nc(-c2ccccc2)nc(-c2ccc3oc4cccc(-c5ccccc5)c4c3c2)n1. The van der Waals surface area contributed by atoms with Crippen molar-refractivity contribution < 1.29 is 4.42 Å². The van der Waals surface area contributed by atoms with Gasteiger partial charge in [-0.2, -0.15) is 9.97 Å². The Morgan fingerprint density at radius 3 is 2.00 bits per heavy atom. The second-order valence-corrected chi connectivity index (χ2v) is 7.81. The quantitative estimate of drug-likeness (QED) is 0.291. The molecule has 0 bridgehead atoms. The van der Waals surface area contributed by atoms with E-state index in [-0.39, 0.29) is 5.28 Å². The van der Waals surface area contributed by atoms with Crippen LogP contribution in [0.1, 0.15) is 0 Å². The molecule has 0 aliphatic heterocycles. The standard InChI is InChI=1S/C27H16ClN3O/c28-27-30-25(18-10-5-2-6-11-18)29-26(31-27)19-14-15-22-21(16-19)24-20(12-7-13-23(24)32-22)17-8-3-1-4-9-17/h1-16H. The fraction of sp³-hybridized carbons (Fsp3) is 0. The molecular weight excluding hydrogens is 418 g/mol. The molecule has 4 nitrogen and oxygen atoms in total. The van der Waals surface area contributed by atoms with Crippen LogP contribution in [0.25, 0.3) is 55.8 Å². The Morgan fingerprint density at radius 1 is 0.562 bits per heavy atom. The molecule has 6 rings (SSSR count). The van der Waals surface area contributed by atoms with E-state index in [1.807, 2.05) is 72.8 Å². The first-order chi connectivity index (χ1) is 15.8. The van der Waals surface area contributed by atoms with E-state index in [1.165, 1.54) is 0 Å². The molecule has 0 saturated heterocycles. The molecule has 0 saturated carbocycles. The second kappa shape index (κ2) is 7.59. The summed E-state index contributed by atoms with van der Waals surface area (Å²) in [6, 6.07) is 32.2. The van der Waals surface area contributed by atoms with Crippen molar-refractivity contribution in [3.05, 3.63) is 102 Å². The minimum Gasteiger partial charge on any atom is -0.456 e. The van der Waals surface area contributed by atoms with Crippen molar-refractivity contribution in [1.29, 1.82) is 0 Å². The second-order valence-electron chi connectivity index (χ2n) is 7.48. The molecule has 2 heterocycles. The van der Waals surface area contributed by atoms with Crippen molar-refractivity contribution in [1.82, 2.24) is 15.0 Å². The summed E-state index contributed by atoms with van der Waals surface area (Å²) in [5.41, 5.74) is 5.66. The first-order valence-corrected chi connectivity index (χ1v) is 10.6. The Morgan fingerprint density at radius 2 is 1.25 bits per heavy atom. The van der Waals surface area contributed by atoms with Gasteiger partial charge < -0.3 is 4.42 Å². The normalized spacial score (nSPS) is 11.3. The van der Waals surface area contributed by atoms with E-state index in [0.717, 1.165) is 44.2 Å². The molecule has 0 aliphatic carbocycles. The number of halogens is 1. The van der Waals surface area contributed by atoms with Crippen LogP contribution in [0, 0.1) is 0 Å². The van der Waals surface area contributed by atoms with E-state index < -0.39 is 0 Å². The first-order valence-electron chi connectivity index (χ1n) is 10.2. The number of benzene rings is 4. The smallest absolute Gasteiger partial charge is 0.226 e. The van der Waals surface area contributed by atoms with E-state index >= 15 is 0 Å². The van der Waals surface area contributed by atoms with Crippen LogP contribution in [-0.2, 0) is 0 Å². The Labute approximate surface area is 189 Å². The van der Waals surface area contributed by atoms with Crippen molar-refractivity contribution in [2.75, 3.05) is 0 Å². The topological polar surface area (TPSA) is 51.8 Å². The molecule has 5 heteroatoms. The van der Waals surface area contributed by atoms with Gasteiger partial charge in [0.2, 0.25) is 5.28 Å². The van der Waals surface area contributed by atoms with Crippen molar-refractivity contribution in [2.24, 2.45) is 0 Å². The largest absolute Gasteiger partial charge is 0.456 e. The minimum absolute atomic E-state index is 0.163. The molecule has 152 valence electrons. The van der Waals surface area contributed by atoms with Gasteiger partial charge in [0, 0.05) is 21.9 Å². The Kier molecular flexibility index (Phi) is 4.44. The fourth-order valence-electron chi connectivity index (χ4n) is 4.02. The fourth-order valence-corrected chi connectivity index (χ4v) is 4.18. The van der Waals surface area contributed by atoms with Gasteiger partial charge in [0.25, 0.3) is 0 Å². The molecule has 32 heavy (non-hydrogen) atoms. The number of aromatic nitrogens is 3. The third-order valence-electron chi connectivity index (χ3n) is 5.48. The van der Waals surface area contributed by atoms with E-state index in [0.29, 0.717) is 11.6 Å². The zero-order valence-corrected chi connectivity index (χ0v) is 17.6. The molecule has 0 N–H and O–H groups in total. The number of furan rings is 1. The molecule has 2 aromatic heterocycles. The van der Waals surface area contributed by atoms with Crippen LogP contribution in [0.15, 0.2) is 101 Å². The van der Waals surface area contributed by atoms with Gasteiger partial charge in [0.05, 0.1) is 0 Å². The minimum atomic E-state index is 0.163. The van der Waals surface area contributed by atoms with Crippen LogP contribution in [-0.4, -0.2) is 15.0 Å². The van der Waals surface area contributed by atoms with Gasteiger partial charge in [-0.05, 0) is 47.0 Å². The molecule has 4 aromatic carbocycles. The van der Waals surface area contributed by atoms with Crippen molar-refractivity contribution in [3.8, 4) is 33.9 Å². The Bertz CT molecular complexity index is 1580. The van der Waals surface area contributed by atoms with Crippen LogP contribution < -0.4 is 0 Å². The molecule has 6 aromatic rings. The maximum atomic E-state index is 6.27. The highest BCUT2D eigenvalue weighted by Crippen LogP contribution is 2.38. The summed E-state index contributed by atoms with van der Waals surface area (Å²) in [6.07, 6.45) is 0. The summed E-state index contributed by atoms with van der Waals surface area (Å²) >= 11 is 6.27. The number of hydrogen-bond acceptors (Lipinski definition) is 4. The zero-order valence-electron chi connectivity index (χ0n) is 16.9. The van der Waals surface area contributed by atoms with Gasteiger partial charge >= 0.3 is 0 Å². The molecular formula is C27H16ClN3O. The Hall–Kier alpha value is -4.02. The molecule has 0 fully saturated rings. The Balaban J connectivity index is 1.56. The van der Waals surface area contributed by atoms with Gasteiger partial charge in [-0.1, -0.05) is 72.8 Å². The van der Waals surface area contributed by atoms with Crippen LogP contribution in [0.4, 0.5) is 0 Å². The van der Waals surface area contributed by atoms with E-state index in [2.05, 4.69) is 39.2 Å². The first kappa shape index (κ1) is 18.7. The third kappa shape index (κ3) is 3.22. The highest BCUT2D eigenvalue weighted by atomic mass is 35.5. The monoisotopic (exact) mass is 433 g/mol. The molecule has 0 aliphatic rings. The molecule has 0 amide bonds. The van der Waals surface area contributed by atoms with E-state index in [9.17, 15) is 0 Å². The predicted molar refractivity (Wildman–Crippen MR) is 128 cm³/mol. The third-order valence-corrected chi connectivity index (χ3v) is 5.65. The summed E-state index contributed by atoms with van der Waals surface area (Å²) in [7, 11) is 0. The summed E-state index contributed by atoms with van der Waals surface area (Å²) in [5.74, 6) is 1.07. The van der Waals surface area contributed by atoms with Crippen LogP contribution in [0.2, 0.25) is 5.28 Å². The number of nitrogens with zero attached hydrogens (tertiary/aromatic N) is 3. The average Bonchev–Trinajstić information content (AvgIpc) is 3.23. The van der Waals surface area contributed by atoms with Crippen molar-refractivity contribution in [2.45, 2.75) is 0 Å². The summed E-state index contributed by atoms with van der Waals surface area (Å²) in [6.45, 7) is 0. The highest BCUT2D eigenvalue weighted by molar-refractivity contribution is 6.28. The summed E-state index contributed by atoms with van der Waals surface area (Å²) in [5, 5.41) is 2.24. The van der Waals surface area contributed by atoms with Gasteiger partial charge in [-0.25, -0.2) is 4.98 Å².